The lowest BCUT2D eigenvalue weighted by atomic mass is 10.2. The summed E-state index contributed by atoms with van der Waals surface area (Å²) in [5, 5.41) is 2.82. The van der Waals surface area contributed by atoms with Crippen molar-refractivity contribution in [2.45, 2.75) is 19.9 Å². The van der Waals surface area contributed by atoms with E-state index in [9.17, 15) is 4.79 Å². The number of pyridine rings is 1. The Hall–Kier alpha value is -1.82. The molecule has 0 aliphatic carbocycles. The maximum Gasteiger partial charge on any atom is 0.255 e. The van der Waals surface area contributed by atoms with Crippen LogP contribution in [-0.2, 0) is 0 Å². The highest BCUT2D eigenvalue weighted by molar-refractivity contribution is 9.10. The summed E-state index contributed by atoms with van der Waals surface area (Å²) < 4.78 is 6.17. The summed E-state index contributed by atoms with van der Waals surface area (Å²) in [6.45, 7) is 3.70. The predicted octanol–water partition coefficient (Wildman–Crippen LogP) is 2.82. The molecule has 0 radical (unpaired) electrons. The van der Waals surface area contributed by atoms with Crippen LogP contribution in [0.5, 0.6) is 0 Å². The Morgan fingerprint density at radius 1 is 1.53 bits per heavy atom. The van der Waals surface area contributed by atoms with Crippen molar-refractivity contribution in [2.24, 2.45) is 0 Å². The molecular weight excluding hydrogens is 310 g/mol. The van der Waals surface area contributed by atoms with E-state index < -0.39 is 0 Å². The number of carbonyl (C=O) groups is 1. The van der Waals surface area contributed by atoms with Gasteiger partial charge in [0.1, 0.15) is 17.3 Å². The van der Waals surface area contributed by atoms with E-state index in [1.54, 1.807) is 12.3 Å². The van der Waals surface area contributed by atoms with Crippen LogP contribution in [0.25, 0.3) is 0 Å². The monoisotopic (exact) mass is 323 g/mol. The predicted molar refractivity (Wildman–Crippen MR) is 75.7 cm³/mol. The van der Waals surface area contributed by atoms with E-state index in [4.69, 9.17) is 10.2 Å². The van der Waals surface area contributed by atoms with Gasteiger partial charge in [0.05, 0.1) is 11.6 Å². The van der Waals surface area contributed by atoms with Gasteiger partial charge in [-0.1, -0.05) is 0 Å². The highest BCUT2D eigenvalue weighted by Gasteiger charge is 2.16. The van der Waals surface area contributed by atoms with Gasteiger partial charge in [0.2, 0.25) is 0 Å². The second-order valence-electron chi connectivity index (χ2n) is 4.23. The summed E-state index contributed by atoms with van der Waals surface area (Å²) in [6, 6.07) is 5.09. The van der Waals surface area contributed by atoms with E-state index in [1.807, 2.05) is 26.0 Å². The third kappa shape index (κ3) is 3.14. The Kier molecular flexibility index (Phi) is 3.90. The van der Waals surface area contributed by atoms with Gasteiger partial charge in [-0.25, -0.2) is 4.98 Å². The smallest absolute Gasteiger partial charge is 0.255 e. The van der Waals surface area contributed by atoms with E-state index in [0.29, 0.717) is 15.8 Å². The summed E-state index contributed by atoms with van der Waals surface area (Å²) in [5.41, 5.74) is 6.03. The van der Waals surface area contributed by atoms with Crippen molar-refractivity contribution in [1.82, 2.24) is 10.3 Å². The van der Waals surface area contributed by atoms with Crippen LogP contribution in [0.2, 0.25) is 0 Å². The van der Waals surface area contributed by atoms with Crippen LogP contribution < -0.4 is 11.1 Å². The Balaban J connectivity index is 2.15. The van der Waals surface area contributed by atoms with Gasteiger partial charge in [-0.3, -0.25) is 4.79 Å². The van der Waals surface area contributed by atoms with Crippen LogP contribution in [0, 0.1) is 6.92 Å². The summed E-state index contributed by atoms with van der Waals surface area (Å²) in [4.78, 5) is 16.0. The average Bonchev–Trinajstić information content (AvgIpc) is 2.79. The van der Waals surface area contributed by atoms with Gasteiger partial charge >= 0.3 is 0 Å². The number of hydrogen-bond acceptors (Lipinski definition) is 4. The number of furan rings is 1. The lowest BCUT2D eigenvalue weighted by molar-refractivity contribution is 0.0935. The molecule has 1 atom stereocenters. The molecule has 2 heterocycles. The van der Waals surface area contributed by atoms with Crippen molar-refractivity contribution < 1.29 is 9.21 Å². The maximum absolute atomic E-state index is 12.1. The molecule has 1 amide bonds. The average molecular weight is 324 g/mol. The van der Waals surface area contributed by atoms with Crippen LogP contribution >= 0.6 is 15.9 Å². The third-order valence-corrected chi connectivity index (χ3v) is 3.10. The van der Waals surface area contributed by atoms with Crippen molar-refractivity contribution in [3.05, 3.63) is 46.0 Å². The first kappa shape index (κ1) is 13.6. The topological polar surface area (TPSA) is 81.2 Å². The molecule has 0 aliphatic rings. The zero-order valence-electron chi connectivity index (χ0n) is 10.6. The highest BCUT2D eigenvalue weighted by atomic mass is 79.9. The number of amides is 1. The summed E-state index contributed by atoms with van der Waals surface area (Å²) in [5.74, 6) is 1.42. The minimum absolute atomic E-state index is 0.198. The van der Waals surface area contributed by atoms with Crippen LogP contribution in [0.1, 0.15) is 34.8 Å². The molecule has 0 saturated heterocycles. The molecule has 2 aromatic rings. The number of anilines is 1. The first-order valence-corrected chi connectivity index (χ1v) is 6.55. The van der Waals surface area contributed by atoms with Crippen LogP contribution in [0.15, 0.2) is 33.3 Å². The number of aromatic nitrogens is 1. The molecule has 100 valence electrons. The molecule has 1 unspecified atom stereocenters. The summed E-state index contributed by atoms with van der Waals surface area (Å²) >= 11 is 3.26. The van der Waals surface area contributed by atoms with Gasteiger partial charge in [0.25, 0.3) is 5.91 Å². The Bertz CT molecular complexity index is 610. The molecule has 0 spiro atoms. The van der Waals surface area contributed by atoms with Crippen molar-refractivity contribution in [3.63, 3.8) is 0 Å². The molecule has 2 aromatic heterocycles. The standard InChI is InChI=1S/C13H14BrN3O2/c1-7-3-4-11(19-7)8(2)17-13(18)10-5-9(14)6-16-12(10)15/h3-6,8H,1-2H3,(H2,15,16)(H,17,18). The zero-order valence-corrected chi connectivity index (χ0v) is 12.2. The van der Waals surface area contributed by atoms with Crippen molar-refractivity contribution in [1.29, 1.82) is 0 Å². The number of rotatable bonds is 3. The minimum atomic E-state index is -0.284. The minimum Gasteiger partial charge on any atom is -0.464 e. The maximum atomic E-state index is 12.1. The Morgan fingerprint density at radius 3 is 2.89 bits per heavy atom. The fourth-order valence-electron chi connectivity index (χ4n) is 1.66. The van der Waals surface area contributed by atoms with E-state index in [2.05, 4.69) is 26.2 Å². The van der Waals surface area contributed by atoms with Gasteiger partial charge < -0.3 is 15.5 Å². The number of aryl methyl sites for hydroxylation is 1. The number of nitrogens with one attached hydrogen (secondary N) is 1. The van der Waals surface area contributed by atoms with Gasteiger partial charge in [0.15, 0.2) is 0 Å². The van der Waals surface area contributed by atoms with Gasteiger partial charge in [-0.05, 0) is 48.0 Å². The summed E-state index contributed by atoms with van der Waals surface area (Å²) in [7, 11) is 0. The highest BCUT2D eigenvalue weighted by Crippen LogP contribution is 2.19. The van der Waals surface area contributed by atoms with Crippen molar-refractivity contribution in [2.75, 3.05) is 5.73 Å². The molecule has 0 saturated carbocycles. The molecule has 0 fully saturated rings. The van der Waals surface area contributed by atoms with Crippen LogP contribution in [0.4, 0.5) is 5.82 Å². The van der Waals surface area contributed by atoms with Crippen LogP contribution in [0.3, 0.4) is 0 Å². The molecule has 0 aliphatic heterocycles. The molecule has 0 aromatic carbocycles. The van der Waals surface area contributed by atoms with Gasteiger partial charge in [-0.15, -0.1) is 0 Å². The number of nitrogen functional groups attached to an aromatic ring is 1. The molecule has 3 N–H and O–H groups in total. The first-order valence-electron chi connectivity index (χ1n) is 5.75. The van der Waals surface area contributed by atoms with Crippen molar-refractivity contribution in [3.8, 4) is 0 Å². The van der Waals surface area contributed by atoms with E-state index in [1.165, 1.54) is 0 Å². The Morgan fingerprint density at radius 2 is 2.26 bits per heavy atom. The van der Waals surface area contributed by atoms with E-state index in [0.717, 1.165) is 5.76 Å². The van der Waals surface area contributed by atoms with E-state index >= 15 is 0 Å². The number of hydrogen-bond donors (Lipinski definition) is 2. The van der Waals surface area contributed by atoms with Gasteiger partial charge in [-0.2, -0.15) is 0 Å². The molecule has 2 rings (SSSR count). The fraction of sp³-hybridized carbons (Fsp3) is 0.231. The normalized spacial score (nSPS) is 12.2. The lowest BCUT2D eigenvalue weighted by Crippen LogP contribution is -2.27. The quantitative estimate of drug-likeness (QED) is 0.910. The SMILES string of the molecule is Cc1ccc(C(C)NC(=O)c2cc(Br)cnc2N)o1. The second-order valence-corrected chi connectivity index (χ2v) is 5.15. The number of nitrogens with zero attached hydrogens (tertiary/aromatic N) is 1. The molecule has 19 heavy (non-hydrogen) atoms. The fourth-order valence-corrected chi connectivity index (χ4v) is 1.99. The van der Waals surface area contributed by atoms with Crippen molar-refractivity contribution >= 4 is 27.7 Å². The molecule has 5 nitrogen and oxygen atoms in total. The third-order valence-electron chi connectivity index (χ3n) is 2.67. The molecule has 6 heteroatoms. The lowest BCUT2D eigenvalue weighted by Gasteiger charge is -2.12. The molecular formula is C13H14BrN3O2. The first-order chi connectivity index (χ1) is 8.97. The largest absolute Gasteiger partial charge is 0.464 e. The summed E-state index contributed by atoms with van der Waals surface area (Å²) in [6.07, 6.45) is 1.55. The second kappa shape index (κ2) is 5.44. The number of carbonyl (C=O) groups excluding carboxylic acids is 1. The Labute approximate surface area is 119 Å². The zero-order chi connectivity index (χ0) is 14.0. The number of halogens is 1. The van der Waals surface area contributed by atoms with E-state index in [-0.39, 0.29) is 17.8 Å². The number of nitrogens with two attached hydrogens (primary N) is 1. The molecule has 0 bridgehead atoms. The van der Waals surface area contributed by atoms with Gasteiger partial charge in [0, 0.05) is 10.7 Å². The van der Waals surface area contributed by atoms with Crippen LogP contribution in [-0.4, -0.2) is 10.9 Å².